The topological polar surface area (TPSA) is 70.8 Å². The molecule has 0 aliphatic rings. The molecule has 1 aromatic heterocycles. The molecule has 5 nitrogen and oxygen atoms in total. The molecule has 2 aromatic rings. The van der Waals surface area contributed by atoms with E-state index in [0.717, 1.165) is 23.7 Å². The highest BCUT2D eigenvalue weighted by molar-refractivity contribution is 7.10. The molecule has 0 radical (unpaired) electrons. The molecular weight excluding hydrogens is 305 g/mol. The molecule has 21 heavy (non-hydrogen) atoms. The average molecular weight is 314 g/mol. The van der Waals surface area contributed by atoms with Crippen LogP contribution >= 0.6 is 11.5 Å². The minimum Gasteiger partial charge on any atom is -0.486 e. The van der Waals surface area contributed by atoms with E-state index < -0.39 is 11.7 Å². The van der Waals surface area contributed by atoms with Crippen LogP contribution in [0.1, 0.15) is 16.8 Å². The van der Waals surface area contributed by atoms with Gasteiger partial charge >= 0.3 is 6.18 Å². The van der Waals surface area contributed by atoms with Gasteiger partial charge < -0.3 is 10.1 Å². The van der Waals surface area contributed by atoms with Crippen molar-refractivity contribution in [3.8, 4) is 11.8 Å². The largest absolute Gasteiger partial charge is 0.486 e. The number of nitrogens with zero attached hydrogens (tertiary/aromatic N) is 3. The Kier molecular flexibility index (Phi) is 4.28. The molecule has 0 saturated carbocycles. The van der Waals surface area contributed by atoms with E-state index in [9.17, 15) is 13.2 Å². The number of aromatic nitrogens is 2. The third-order valence-corrected chi connectivity index (χ3v) is 3.35. The molecule has 0 unspecified atom stereocenters. The number of rotatable bonds is 4. The van der Waals surface area contributed by atoms with Gasteiger partial charge in [0.25, 0.3) is 0 Å². The van der Waals surface area contributed by atoms with Gasteiger partial charge in [-0.1, -0.05) is 4.49 Å². The molecule has 1 heterocycles. The molecule has 0 amide bonds. The highest BCUT2D eigenvalue weighted by Crippen LogP contribution is 2.37. The van der Waals surface area contributed by atoms with Gasteiger partial charge in [-0.3, -0.25) is 0 Å². The minimum atomic E-state index is -4.60. The van der Waals surface area contributed by atoms with Crippen LogP contribution in [0.3, 0.4) is 0 Å². The number of ether oxygens (including phenoxy) is 1. The van der Waals surface area contributed by atoms with E-state index in [4.69, 9.17) is 10.00 Å². The predicted molar refractivity (Wildman–Crippen MR) is 69.9 cm³/mol. The van der Waals surface area contributed by atoms with Crippen molar-refractivity contribution in [1.82, 2.24) is 9.59 Å². The van der Waals surface area contributed by atoms with Gasteiger partial charge in [0.2, 0.25) is 0 Å². The molecular formula is C12H9F3N4OS. The maximum absolute atomic E-state index is 12.9. The highest BCUT2D eigenvalue weighted by atomic mass is 32.1. The number of nitrogens with one attached hydrogen (secondary N) is 1. The molecule has 1 aromatic carbocycles. The van der Waals surface area contributed by atoms with E-state index in [0.29, 0.717) is 10.7 Å². The number of alkyl halides is 3. The van der Waals surface area contributed by atoms with Crippen LogP contribution in [0.2, 0.25) is 0 Å². The summed E-state index contributed by atoms with van der Waals surface area (Å²) in [6.07, 6.45) is -4.60. The molecule has 9 heteroatoms. The van der Waals surface area contributed by atoms with Crippen molar-refractivity contribution in [2.75, 3.05) is 12.4 Å². The summed E-state index contributed by atoms with van der Waals surface area (Å²) in [5.41, 5.74) is -0.656. The van der Waals surface area contributed by atoms with Gasteiger partial charge in [-0.15, -0.1) is 5.10 Å². The molecule has 0 aliphatic carbocycles. The second-order valence-corrected chi connectivity index (χ2v) is 4.66. The SMILES string of the molecule is CNc1snnc1COc1ccc(C#N)cc1C(F)(F)F. The van der Waals surface area contributed by atoms with Gasteiger partial charge in [0.15, 0.2) is 0 Å². The summed E-state index contributed by atoms with van der Waals surface area (Å²) in [5, 5.41) is 15.9. The second kappa shape index (κ2) is 5.97. The fraction of sp³-hybridized carbons (Fsp3) is 0.250. The van der Waals surface area contributed by atoms with Crippen molar-refractivity contribution in [2.24, 2.45) is 0 Å². The van der Waals surface area contributed by atoms with Gasteiger partial charge in [-0.05, 0) is 18.2 Å². The van der Waals surface area contributed by atoms with E-state index in [1.165, 1.54) is 6.07 Å². The smallest absolute Gasteiger partial charge is 0.420 e. The lowest BCUT2D eigenvalue weighted by Crippen LogP contribution is -2.09. The fourth-order valence-corrected chi connectivity index (χ4v) is 2.10. The van der Waals surface area contributed by atoms with Crippen LogP contribution in [-0.2, 0) is 12.8 Å². The Morgan fingerprint density at radius 1 is 1.43 bits per heavy atom. The summed E-state index contributed by atoms with van der Waals surface area (Å²) >= 11 is 1.08. The lowest BCUT2D eigenvalue weighted by Gasteiger charge is -2.13. The lowest BCUT2D eigenvalue weighted by molar-refractivity contribution is -0.139. The van der Waals surface area contributed by atoms with Crippen LogP contribution in [0.5, 0.6) is 5.75 Å². The Hall–Kier alpha value is -2.34. The van der Waals surface area contributed by atoms with Crippen LogP contribution in [0, 0.1) is 11.3 Å². The molecule has 0 bridgehead atoms. The Labute approximate surface area is 122 Å². The average Bonchev–Trinajstić information content (AvgIpc) is 2.91. The maximum Gasteiger partial charge on any atom is 0.420 e. The first-order valence-corrected chi connectivity index (χ1v) is 6.46. The standard InChI is InChI=1S/C12H9F3N4OS/c1-17-11-9(18-19-21-11)6-20-10-3-2-7(5-16)4-8(10)12(13,14)15/h2-4,17H,6H2,1H3. The Balaban J connectivity index is 2.26. The number of hydrogen-bond acceptors (Lipinski definition) is 6. The molecule has 0 fully saturated rings. The fourth-order valence-electron chi connectivity index (χ4n) is 1.59. The summed E-state index contributed by atoms with van der Waals surface area (Å²) < 4.78 is 47.7. The summed E-state index contributed by atoms with van der Waals surface area (Å²) in [4.78, 5) is 0. The number of benzene rings is 1. The molecule has 0 aliphatic heterocycles. The first kappa shape index (κ1) is 15.1. The number of hydrogen-bond donors (Lipinski definition) is 1. The number of halogens is 3. The zero-order chi connectivity index (χ0) is 15.5. The quantitative estimate of drug-likeness (QED) is 0.939. The van der Waals surface area contributed by atoms with Crippen molar-refractivity contribution >= 4 is 16.5 Å². The summed E-state index contributed by atoms with van der Waals surface area (Å²) in [7, 11) is 1.65. The molecule has 110 valence electrons. The van der Waals surface area contributed by atoms with E-state index in [-0.39, 0.29) is 17.9 Å². The van der Waals surface area contributed by atoms with Crippen LogP contribution in [0.15, 0.2) is 18.2 Å². The third kappa shape index (κ3) is 3.41. The monoisotopic (exact) mass is 314 g/mol. The predicted octanol–water partition coefficient (Wildman–Crippen LogP) is 3.05. The van der Waals surface area contributed by atoms with Gasteiger partial charge in [-0.2, -0.15) is 18.4 Å². The maximum atomic E-state index is 12.9. The van der Waals surface area contributed by atoms with E-state index in [1.807, 2.05) is 0 Å². The molecule has 0 spiro atoms. The Morgan fingerprint density at radius 3 is 2.81 bits per heavy atom. The molecule has 2 rings (SSSR count). The van der Waals surface area contributed by atoms with Gasteiger partial charge in [-0.25, -0.2) is 0 Å². The minimum absolute atomic E-state index is 0.0825. The van der Waals surface area contributed by atoms with Crippen molar-refractivity contribution < 1.29 is 17.9 Å². The second-order valence-electron chi connectivity index (χ2n) is 3.91. The zero-order valence-corrected chi connectivity index (χ0v) is 11.5. The normalized spacial score (nSPS) is 11.0. The lowest BCUT2D eigenvalue weighted by atomic mass is 10.1. The van der Waals surface area contributed by atoms with Crippen molar-refractivity contribution in [3.63, 3.8) is 0 Å². The van der Waals surface area contributed by atoms with E-state index in [1.54, 1.807) is 13.1 Å². The number of nitriles is 1. The van der Waals surface area contributed by atoms with Crippen molar-refractivity contribution in [3.05, 3.63) is 35.0 Å². The van der Waals surface area contributed by atoms with E-state index >= 15 is 0 Å². The first-order valence-electron chi connectivity index (χ1n) is 5.69. The first-order chi connectivity index (χ1) is 9.95. The van der Waals surface area contributed by atoms with Crippen LogP contribution in [-0.4, -0.2) is 16.6 Å². The Bertz CT molecular complexity index is 678. The zero-order valence-electron chi connectivity index (χ0n) is 10.7. The van der Waals surface area contributed by atoms with Crippen LogP contribution in [0.4, 0.5) is 18.2 Å². The van der Waals surface area contributed by atoms with Gasteiger partial charge in [0, 0.05) is 18.6 Å². The summed E-state index contributed by atoms with van der Waals surface area (Å²) in [6.45, 7) is -0.151. The number of anilines is 1. The van der Waals surface area contributed by atoms with Crippen molar-refractivity contribution in [1.29, 1.82) is 5.26 Å². The van der Waals surface area contributed by atoms with Crippen LogP contribution in [0.25, 0.3) is 0 Å². The summed E-state index contributed by atoms with van der Waals surface area (Å²) in [6, 6.07) is 4.82. The van der Waals surface area contributed by atoms with Crippen LogP contribution < -0.4 is 10.1 Å². The summed E-state index contributed by atoms with van der Waals surface area (Å²) in [5.74, 6) is -0.350. The molecule has 1 N–H and O–H groups in total. The highest BCUT2D eigenvalue weighted by Gasteiger charge is 2.34. The van der Waals surface area contributed by atoms with Gasteiger partial charge in [0.05, 0.1) is 17.2 Å². The molecule has 0 saturated heterocycles. The van der Waals surface area contributed by atoms with E-state index in [2.05, 4.69) is 14.9 Å². The van der Waals surface area contributed by atoms with Gasteiger partial charge in [0.1, 0.15) is 23.1 Å². The molecule has 0 atom stereocenters. The Morgan fingerprint density at radius 2 is 2.19 bits per heavy atom. The third-order valence-electron chi connectivity index (χ3n) is 2.56. The van der Waals surface area contributed by atoms with Crippen molar-refractivity contribution in [2.45, 2.75) is 12.8 Å².